The van der Waals surface area contributed by atoms with Crippen molar-refractivity contribution < 1.29 is 14.0 Å². The summed E-state index contributed by atoms with van der Waals surface area (Å²) in [6.45, 7) is -0.0178. The van der Waals surface area contributed by atoms with E-state index in [9.17, 15) is 14.0 Å². The first-order chi connectivity index (χ1) is 10.1. The Morgan fingerprint density at radius 3 is 2.43 bits per heavy atom. The van der Waals surface area contributed by atoms with Crippen LogP contribution in [-0.2, 0) is 6.54 Å². The average molecular weight is 287 g/mol. The maximum absolute atomic E-state index is 13.4. The van der Waals surface area contributed by atoms with Crippen LogP contribution in [0.2, 0.25) is 0 Å². The van der Waals surface area contributed by atoms with Crippen LogP contribution in [0.5, 0.6) is 0 Å². The predicted octanol–water partition coefficient (Wildman–Crippen LogP) is 2.05. The van der Waals surface area contributed by atoms with Crippen LogP contribution in [0.3, 0.4) is 0 Å². The standard InChI is InChI=1S/C15H14FN3O2/c16-12-7-3-1-5-10(12)9-18-15(21)19-14(20)11-6-2-4-8-13(11)17/h1-8H,9,17H2,(H2,18,19,20,21). The first-order valence-electron chi connectivity index (χ1n) is 6.25. The molecule has 0 heterocycles. The molecule has 0 saturated heterocycles. The summed E-state index contributed by atoms with van der Waals surface area (Å²) >= 11 is 0. The van der Waals surface area contributed by atoms with Gasteiger partial charge in [0.1, 0.15) is 5.82 Å². The lowest BCUT2D eigenvalue weighted by Crippen LogP contribution is -2.39. The maximum atomic E-state index is 13.4. The van der Waals surface area contributed by atoms with Crippen LogP contribution < -0.4 is 16.4 Å². The number of rotatable bonds is 3. The second kappa shape index (κ2) is 6.51. The Labute approximate surface area is 121 Å². The molecule has 2 aromatic carbocycles. The lowest BCUT2D eigenvalue weighted by Gasteiger charge is -2.08. The highest BCUT2D eigenvalue weighted by Crippen LogP contribution is 2.10. The number of halogens is 1. The number of hydrogen-bond donors (Lipinski definition) is 3. The Hall–Kier alpha value is -2.89. The van der Waals surface area contributed by atoms with Crippen LogP contribution >= 0.6 is 0 Å². The molecule has 4 N–H and O–H groups in total. The number of carbonyl (C=O) groups excluding carboxylic acids is 2. The summed E-state index contributed by atoms with van der Waals surface area (Å²) in [5, 5.41) is 4.54. The first kappa shape index (κ1) is 14.5. The van der Waals surface area contributed by atoms with Gasteiger partial charge >= 0.3 is 6.03 Å². The van der Waals surface area contributed by atoms with Gasteiger partial charge in [0, 0.05) is 17.8 Å². The van der Waals surface area contributed by atoms with Crippen LogP contribution in [-0.4, -0.2) is 11.9 Å². The molecule has 0 spiro atoms. The Morgan fingerprint density at radius 2 is 1.71 bits per heavy atom. The van der Waals surface area contributed by atoms with E-state index >= 15 is 0 Å². The fourth-order valence-corrected chi connectivity index (χ4v) is 1.74. The van der Waals surface area contributed by atoms with E-state index in [0.717, 1.165) is 0 Å². The molecule has 0 bridgehead atoms. The fourth-order valence-electron chi connectivity index (χ4n) is 1.74. The van der Waals surface area contributed by atoms with Gasteiger partial charge in [0.05, 0.1) is 5.56 Å². The number of nitrogens with two attached hydrogens (primary N) is 1. The number of benzene rings is 2. The van der Waals surface area contributed by atoms with Crippen molar-refractivity contribution in [2.75, 3.05) is 5.73 Å². The Morgan fingerprint density at radius 1 is 1.05 bits per heavy atom. The zero-order valence-electron chi connectivity index (χ0n) is 11.1. The van der Waals surface area contributed by atoms with Crippen molar-refractivity contribution in [1.82, 2.24) is 10.6 Å². The quantitative estimate of drug-likeness (QED) is 0.755. The zero-order valence-corrected chi connectivity index (χ0v) is 11.1. The maximum Gasteiger partial charge on any atom is 0.321 e. The largest absolute Gasteiger partial charge is 0.398 e. The molecule has 0 saturated carbocycles. The third kappa shape index (κ3) is 3.79. The van der Waals surface area contributed by atoms with Gasteiger partial charge in [-0.05, 0) is 18.2 Å². The van der Waals surface area contributed by atoms with Gasteiger partial charge in [0.15, 0.2) is 0 Å². The zero-order chi connectivity index (χ0) is 15.2. The number of amides is 3. The summed E-state index contributed by atoms with van der Waals surface area (Å²) < 4.78 is 13.4. The number of imide groups is 1. The number of urea groups is 1. The molecular weight excluding hydrogens is 273 g/mol. The molecule has 0 fully saturated rings. The Kier molecular flexibility index (Phi) is 4.50. The minimum atomic E-state index is -0.716. The highest BCUT2D eigenvalue weighted by Gasteiger charge is 2.12. The first-order valence-corrected chi connectivity index (χ1v) is 6.25. The van der Waals surface area contributed by atoms with Gasteiger partial charge in [0.25, 0.3) is 5.91 Å². The highest BCUT2D eigenvalue weighted by molar-refractivity contribution is 6.07. The normalized spacial score (nSPS) is 9.95. The molecule has 0 aliphatic carbocycles. The van der Waals surface area contributed by atoms with E-state index < -0.39 is 17.8 Å². The van der Waals surface area contributed by atoms with Crippen LogP contribution in [0.4, 0.5) is 14.9 Å². The summed E-state index contributed by atoms with van der Waals surface area (Å²) in [5.74, 6) is -1.03. The number of hydrogen-bond acceptors (Lipinski definition) is 3. The third-order valence-electron chi connectivity index (χ3n) is 2.83. The Bertz CT molecular complexity index is 673. The van der Waals surface area contributed by atoms with E-state index in [1.807, 2.05) is 0 Å². The van der Waals surface area contributed by atoms with Crippen molar-refractivity contribution in [2.45, 2.75) is 6.54 Å². The summed E-state index contributed by atoms with van der Waals surface area (Å²) in [4.78, 5) is 23.4. The lowest BCUT2D eigenvalue weighted by atomic mass is 10.2. The molecule has 0 radical (unpaired) electrons. The topological polar surface area (TPSA) is 84.2 Å². The van der Waals surface area contributed by atoms with Gasteiger partial charge in [0.2, 0.25) is 0 Å². The molecule has 3 amide bonds. The molecule has 21 heavy (non-hydrogen) atoms. The molecule has 0 aromatic heterocycles. The van der Waals surface area contributed by atoms with Crippen LogP contribution in [0.1, 0.15) is 15.9 Å². The molecule has 6 heteroatoms. The molecule has 0 aliphatic heterocycles. The van der Waals surface area contributed by atoms with E-state index in [4.69, 9.17) is 5.73 Å². The SMILES string of the molecule is Nc1ccccc1C(=O)NC(=O)NCc1ccccc1F. The average Bonchev–Trinajstić information content (AvgIpc) is 2.46. The van der Waals surface area contributed by atoms with Crippen LogP contribution in [0.15, 0.2) is 48.5 Å². The molecule has 108 valence electrons. The molecule has 5 nitrogen and oxygen atoms in total. The number of nitrogens with one attached hydrogen (secondary N) is 2. The van der Waals surface area contributed by atoms with Gasteiger partial charge in [-0.1, -0.05) is 30.3 Å². The van der Waals surface area contributed by atoms with Crippen LogP contribution in [0, 0.1) is 5.82 Å². The predicted molar refractivity (Wildman–Crippen MR) is 77.0 cm³/mol. The Balaban J connectivity index is 1.92. The number of nitrogen functional groups attached to an aromatic ring is 1. The minimum absolute atomic E-state index is 0.0178. The van der Waals surface area contributed by atoms with E-state index in [1.165, 1.54) is 12.1 Å². The fraction of sp³-hybridized carbons (Fsp3) is 0.0667. The monoisotopic (exact) mass is 287 g/mol. The van der Waals surface area contributed by atoms with Crippen molar-refractivity contribution >= 4 is 17.6 Å². The van der Waals surface area contributed by atoms with E-state index in [2.05, 4.69) is 10.6 Å². The van der Waals surface area contributed by atoms with E-state index in [-0.39, 0.29) is 17.8 Å². The smallest absolute Gasteiger partial charge is 0.321 e. The van der Waals surface area contributed by atoms with Gasteiger partial charge in [-0.25, -0.2) is 9.18 Å². The van der Waals surface area contributed by atoms with Crippen molar-refractivity contribution in [2.24, 2.45) is 0 Å². The summed E-state index contributed by atoms with van der Waals surface area (Å²) in [7, 11) is 0. The number of para-hydroxylation sites is 1. The second-order valence-electron chi connectivity index (χ2n) is 4.32. The highest BCUT2D eigenvalue weighted by atomic mass is 19.1. The third-order valence-corrected chi connectivity index (χ3v) is 2.83. The van der Waals surface area contributed by atoms with Crippen molar-refractivity contribution in [3.05, 3.63) is 65.5 Å². The number of carbonyl (C=O) groups is 2. The lowest BCUT2D eigenvalue weighted by molar-refractivity contribution is 0.0965. The molecular formula is C15H14FN3O2. The molecule has 0 atom stereocenters. The molecule has 0 aliphatic rings. The van der Waals surface area contributed by atoms with Crippen molar-refractivity contribution in [1.29, 1.82) is 0 Å². The second-order valence-corrected chi connectivity index (χ2v) is 4.32. The van der Waals surface area contributed by atoms with E-state index in [1.54, 1.807) is 36.4 Å². The molecule has 0 unspecified atom stereocenters. The van der Waals surface area contributed by atoms with Crippen molar-refractivity contribution in [3.63, 3.8) is 0 Å². The van der Waals surface area contributed by atoms with Gasteiger partial charge in [-0.3, -0.25) is 10.1 Å². The summed E-state index contributed by atoms with van der Waals surface area (Å²) in [6.07, 6.45) is 0. The number of anilines is 1. The van der Waals surface area contributed by atoms with Crippen LogP contribution in [0.25, 0.3) is 0 Å². The minimum Gasteiger partial charge on any atom is -0.398 e. The van der Waals surface area contributed by atoms with Gasteiger partial charge in [-0.2, -0.15) is 0 Å². The van der Waals surface area contributed by atoms with E-state index in [0.29, 0.717) is 5.56 Å². The summed E-state index contributed by atoms with van der Waals surface area (Å²) in [6, 6.07) is 11.7. The summed E-state index contributed by atoms with van der Waals surface area (Å²) in [5.41, 5.74) is 6.45. The molecule has 2 aromatic rings. The van der Waals surface area contributed by atoms with Gasteiger partial charge < -0.3 is 11.1 Å². The van der Waals surface area contributed by atoms with Gasteiger partial charge in [-0.15, -0.1) is 0 Å². The van der Waals surface area contributed by atoms with Crippen molar-refractivity contribution in [3.8, 4) is 0 Å². The molecule has 2 rings (SSSR count).